The molecule has 0 saturated heterocycles. The second-order valence-electron chi connectivity index (χ2n) is 6.19. The number of anilines is 3. The van der Waals surface area contributed by atoms with Gasteiger partial charge in [0.15, 0.2) is 0 Å². The van der Waals surface area contributed by atoms with E-state index < -0.39 is 15.5 Å². The highest BCUT2D eigenvalue weighted by Gasteiger charge is 2.19. The molecule has 3 aromatic rings. The predicted octanol–water partition coefficient (Wildman–Crippen LogP) is 4.81. The smallest absolute Gasteiger partial charge is 0.299 e. The fraction of sp³-hybridized carbons (Fsp3) is 0.0500. The molecule has 29 heavy (non-hydrogen) atoms. The van der Waals surface area contributed by atoms with Crippen molar-refractivity contribution in [3.8, 4) is 0 Å². The Bertz CT molecular complexity index is 1100. The van der Waals surface area contributed by atoms with Crippen molar-refractivity contribution in [2.24, 2.45) is 0 Å². The molecule has 0 aliphatic carbocycles. The molecule has 3 rings (SSSR count). The molecule has 0 heterocycles. The van der Waals surface area contributed by atoms with Crippen LogP contribution in [0.1, 0.15) is 15.9 Å². The first kappa shape index (κ1) is 19.5. The van der Waals surface area contributed by atoms with E-state index in [2.05, 4.69) is 10.6 Å². The van der Waals surface area contributed by atoms with E-state index in [1.165, 1.54) is 12.1 Å². The lowest BCUT2D eigenvalue weighted by Crippen LogP contribution is -2.13. The molecule has 0 aliphatic rings. The maximum absolute atomic E-state index is 12.4. The Kier molecular flexibility index (Phi) is 5.49. The van der Waals surface area contributed by atoms with Gasteiger partial charge in [-0.3, -0.25) is 25.0 Å². The van der Waals surface area contributed by atoms with Gasteiger partial charge < -0.3 is 10.6 Å². The lowest BCUT2D eigenvalue weighted by Gasteiger charge is -2.10. The maximum atomic E-state index is 12.4. The van der Waals surface area contributed by atoms with Crippen molar-refractivity contribution < 1.29 is 14.6 Å². The zero-order valence-electron chi connectivity index (χ0n) is 15.3. The Morgan fingerprint density at radius 2 is 1.52 bits per heavy atom. The summed E-state index contributed by atoms with van der Waals surface area (Å²) >= 11 is 0. The third-order valence-electron chi connectivity index (χ3n) is 4.20. The third kappa shape index (κ3) is 4.53. The SMILES string of the molecule is Cc1ccccc1C(=O)Nc1ccc(Nc2ccc([N+](=O)[O-])cc2[N+](=O)[O-])cc1. The predicted molar refractivity (Wildman–Crippen MR) is 109 cm³/mol. The number of nitrogens with zero attached hydrogens (tertiary/aromatic N) is 2. The van der Waals surface area contributed by atoms with Crippen molar-refractivity contribution in [1.82, 2.24) is 0 Å². The summed E-state index contributed by atoms with van der Waals surface area (Å²) < 4.78 is 0. The fourth-order valence-electron chi connectivity index (χ4n) is 2.71. The van der Waals surface area contributed by atoms with Gasteiger partial charge in [0.25, 0.3) is 17.3 Å². The molecule has 1 amide bonds. The van der Waals surface area contributed by atoms with Crippen LogP contribution in [0.25, 0.3) is 0 Å². The second-order valence-corrected chi connectivity index (χ2v) is 6.19. The van der Waals surface area contributed by atoms with Gasteiger partial charge in [-0.05, 0) is 48.9 Å². The van der Waals surface area contributed by atoms with Gasteiger partial charge in [0.05, 0.1) is 15.9 Å². The van der Waals surface area contributed by atoms with E-state index in [4.69, 9.17) is 0 Å². The summed E-state index contributed by atoms with van der Waals surface area (Å²) in [4.78, 5) is 33.0. The summed E-state index contributed by atoms with van der Waals surface area (Å²) in [5, 5.41) is 27.7. The maximum Gasteiger partial charge on any atom is 0.299 e. The van der Waals surface area contributed by atoms with Crippen molar-refractivity contribution in [2.45, 2.75) is 6.92 Å². The lowest BCUT2D eigenvalue weighted by molar-refractivity contribution is -0.393. The van der Waals surface area contributed by atoms with E-state index in [1.54, 1.807) is 36.4 Å². The minimum Gasteiger partial charge on any atom is -0.350 e. The molecule has 9 heteroatoms. The van der Waals surface area contributed by atoms with E-state index in [1.807, 2.05) is 19.1 Å². The molecule has 0 spiro atoms. The normalized spacial score (nSPS) is 10.2. The van der Waals surface area contributed by atoms with Crippen LogP contribution < -0.4 is 10.6 Å². The van der Waals surface area contributed by atoms with E-state index >= 15 is 0 Å². The van der Waals surface area contributed by atoms with Gasteiger partial charge in [-0.2, -0.15) is 0 Å². The Morgan fingerprint density at radius 3 is 2.14 bits per heavy atom. The second kappa shape index (κ2) is 8.17. The Balaban J connectivity index is 1.76. The molecular formula is C20H16N4O5. The number of hydrogen-bond acceptors (Lipinski definition) is 6. The molecule has 0 aromatic heterocycles. The van der Waals surface area contributed by atoms with E-state index in [9.17, 15) is 25.0 Å². The minimum absolute atomic E-state index is 0.122. The summed E-state index contributed by atoms with van der Waals surface area (Å²) in [6.07, 6.45) is 0. The van der Waals surface area contributed by atoms with Crippen LogP contribution in [0.15, 0.2) is 66.7 Å². The lowest BCUT2D eigenvalue weighted by atomic mass is 10.1. The number of carbonyl (C=O) groups is 1. The Hall–Kier alpha value is -4.27. The highest BCUT2D eigenvalue weighted by atomic mass is 16.6. The van der Waals surface area contributed by atoms with Crippen LogP contribution in [0, 0.1) is 27.2 Å². The number of non-ortho nitro benzene ring substituents is 1. The number of nitro groups is 2. The van der Waals surface area contributed by atoms with Crippen LogP contribution >= 0.6 is 0 Å². The van der Waals surface area contributed by atoms with Crippen molar-refractivity contribution in [3.63, 3.8) is 0 Å². The average molecular weight is 392 g/mol. The number of benzene rings is 3. The van der Waals surface area contributed by atoms with Crippen LogP contribution in [0.4, 0.5) is 28.4 Å². The summed E-state index contributed by atoms with van der Waals surface area (Å²) in [7, 11) is 0. The zero-order valence-corrected chi connectivity index (χ0v) is 15.3. The first-order valence-corrected chi connectivity index (χ1v) is 8.52. The van der Waals surface area contributed by atoms with Crippen LogP contribution in [0.2, 0.25) is 0 Å². The Labute approximate surface area is 165 Å². The summed E-state index contributed by atoms with van der Waals surface area (Å²) in [6.45, 7) is 1.85. The van der Waals surface area contributed by atoms with E-state index in [-0.39, 0.29) is 17.3 Å². The van der Waals surface area contributed by atoms with Crippen LogP contribution in [-0.2, 0) is 0 Å². The van der Waals surface area contributed by atoms with Gasteiger partial charge in [0.1, 0.15) is 5.69 Å². The summed E-state index contributed by atoms with van der Waals surface area (Å²) in [5.74, 6) is -0.241. The van der Waals surface area contributed by atoms with Gasteiger partial charge in [0.2, 0.25) is 0 Å². The number of nitrogens with one attached hydrogen (secondary N) is 2. The standard InChI is InChI=1S/C20H16N4O5/c1-13-4-2-3-5-17(13)20(25)22-15-8-6-14(7-9-15)21-18-11-10-16(23(26)27)12-19(18)24(28)29/h2-12,21H,1H3,(H,22,25). The molecule has 3 aromatic carbocycles. The minimum atomic E-state index is -0.692. The van der Waals surface area contributed by atoms with Gasteiger partial charge in [-0.15, -0.1) is 0 Å². The topological polar surface area (TPSA) is 127 Å². The largest absolute Gasteiger partial charge is 0.350 e. The van der Waals surface area contributed by atoms with Crippen LogP contribution in [0.3, 0.4) is 0 Å². The number of rotatable bonds is 6. The first-order valence-electron chi connectivity index (χ1n) is 8.52. The molecule has 0 aliphatic heterocycles. The van der Waals surface area contributed by atoms with Gasteiger partial charge >= 0.3 is 0 Å². The monoisotopic (exact) mass is 392 g/mol. The van der Waals surface area contributed by atoms with Gasteiger partial charge in [-0.1, -0.05) is 18.2 Å². The van der Waals surface area contributed by atoms with E-state index in [0.29, 0.717) is 16.9 Å². The Morgan fingerprint density at radius 1 is 0.862 bits per heavy atom. The molecule has 0 fully saturated rings. The van der Waals surface area contributed by atoms with Crippen molar-refractivity contribution in [1.29, 1.82) is 0 Å². The summed E-state index contributed by atoms with van der Waals surface area (Å²) in [6, 6.07) is 17.2. The number of carbonyl (C=O) groups excluding carboxylic acids is 1. The average Bonchev–Trinajstić information content (AvgIpc) is 2.69. The highest BCUT2D eigenvalue weighted by molar-refractivity contribution is 6.05. The zero-order chi connectivity index (χ0) is 21.0. The molecule has 9 nitrogen and oxygen atoms in total. The molecule has 2 N–H and O–H groups in total. The number of hydrogen-bond donors (Lipinski definition) is 2. The molecule has 0 radical (unpaired) electrons. The molecule has 0 saturated carbocycles. The number of amides is 1. The number of aryl methyl sites for hydroxylation is 1. The molecule has 146 valence electrons. The van der Waals surface area contributed by atoms with Crippen molar-refractivity contribution in [2.75, 3.05) is 10.6 Å². The van der Waals surface area contributed by atoms with Crippen molar-refractivity contribution >= 4 is 34.3 Å². The summed E-state index contributed by atoms with van der Waals surface area (Å²) in [5.41, 5.74) is 1.85. The molecule has 0 unspecified atom stereocenters. The first-order chi connectivity index (χ1) is 13.8. The molecule has 0 bridgehead atoms. The van der Waals surface area contributed by atoms with E-state index in [0.717, 1.165) is 11.6 Å². The molecular weight excluding hydrogens is 376 g/mol. The van der Waals surface area contributed by atoms with Crippen molar-refractivity contribution in [3.05, 3.63) is 98.1 Å². The van der Waals surface area contributed by atoms with Crippen LogP contribution in [-0.4, -0.2) is 15.8 Å². The van der Waals surface area contributed by atoms with Gasteiger partial charge in [0, 0.05) is 23.0 Å². The van der Waals surface area contributed by atoms with Gasteiger partial charge in [-0.25, -0.2) is 0 Å². The van der Waals surface area contributed by atoms with Crippen LogP contribution in [0.5, 0.6) is 0 Å². The molecule has 0 atom stereocenters. The highest BCUT2D eigenvalue weighted by Crippen LogP contribution is 2.31. The fourth-order valence-corrected chi connectivity index (χ4v) is 2.71. The third-order valence-corrected chi connectivity index (χ3v) is 4.20. The number of nitro benzene ring substituents is 2. The quantitative estimate of drug-likeness (QED) is 0.458.